The molecule has 2 amide bonds. The molecule has 0 radical (unpaired) electrons. The number of fused-ring (bicyclic) bond motifs is 1. The van der Waals surface area contributed by atoms with E-state index in [0.717, 1.165) is 12.5 Å². The van der Waals surface area contributed by atoms with Gasteiger partial charge in [-0.05, 0) is 36.2 Å². The highest BCUT2D eigenvalue weighted by Crippen LogP contribution is 2.34. The average Bonchev–Trinajstić information content (AvgIpc) is 2.66. The highest BCUT2D eigenvalue weighted by atomic mass is 19.4. The summed E-state index contributed by atoms with van der Waals surface area (Å²) < 4.78 is 53.4. The molecule has 2 N–H and O–H groups in total. The lowest BCUT2D eigenvalue weighted by Gasteiger charge is -2.33. The second-order valence-corrected chi connectivity index (χ2v) is 6.86. The number of likely N-dealkylation sites (tertiary alicyclic amines) is 1. The largest absolute Gasteiger partial charge is 0.433 e. The van der Waals surface area contributed by atoms with Crippen LogP contribution < -0.4 is 10.6 Å². The molecule has 30 heavy (non-hydrogen) atoms. The zero-order chi connectivity index (χ0) is 21.3. The van der Waals surface area contributed by atoms with Crippen LogP contribution in [0.4, 0.5) is 28.0 Å². The Balaban J connectivity index is 1.73. The highest BCUT2D eigenvalue weighted by Gasteiger charge is 2.34. The Kier molecular flexibility index (Phi) is 5.15. The predicted octanol–water partition coefficient (Wildman–Crippen LogP) is 4.31. The molecule has 0 saturated carbocycles. The summed E-state index contributed by atoms with van der Waals surface area (Å²) in [5.41, 5.74) is -0.392. The Morgan fingerprint density at radius 2 is 1.87 bits per heavy atom. The summed E-state index contributed by atoms with van der Waals surface area (Å²) in [6, 6.07) is 7.22. The number of nitrogens with one attached hydrogen (secondary N) is 2. The SMILES string of the molecule is O=C(NC(Nc1cc(C(F)(F)F)nc2ccncc12)c1ccc(F)cc1)N1CCC1. The smallest absolute Gasteiger partial charge is 0.361 e. The molecule has 6 nitrogen and oxygen atoms in total. The lowest BCUT2D eigenvalue weighted by atomic mass is 10.1. The topological polar surface area (TPSA) is 70.1 Å². The maximum Gasteiger partial charge on any atom is 0.433 e. The van der Waals surface area contributed by atoms with Crippen LogP contribution in [-0.2, 0) is 6.18 Å². The van der Waals surface area contributed by atoms with Gasteiger partial charge in [0.05, 0.1) is 5.52 Å². The summed E-state index contributed by atoms with van der Waals surface area (Å²) in [4.78, 5) is 21.6. The van der Waals surface area contributed by atoms with Gasteiger partial charge in [0, 0.05) is 36.6 Å². The van der Waals surface area contributed by atoms with Crippen LogP contribution >= 0.6 is 0 Å². The van der Waals surface area contributed by atoms with Gasteiger partial charge in [-0.3, -0.25) is 4.98 Å². The lowest BCUT2D eigenvalue weighted by molar-refractivity contribution is -0.140. The third kappa shape index (κ3) is 4.12. The molecule has 3 heterocycles. The maximum atomic E-state index is 13.4. The van der Waals surface area contributed by atoms with Crippen LogP contribution in [0.25, 0.3) is 10.9 Å². The van der Waals surface area contributed by atoms with Crippen LogP contribution in [0.3, 0.4) is 0 Å². The van der Waals surface area contributed by atoms with Crippen molar-refractivity contribution in [2.75, 3.05) is 18.4 Å². The summed E-state index contributed by atoms with van der Waals surface area (Å²) in [6.45, 7) is 1.20. The molecule has 1 aromatic carbocycles. The van der Waals surface area contributed by atoms with Crippen molar-refractivity contribution in [2.24, 2.45) is 0 Å². The number of halogens is 4. The lowest BCUT2D eigenvalue weighted by Crippen LogP contribution is -2.49. The van der Waals surface area contributed by atoms with E-state index in [1.807, 2.05) is 0 Å². The van der Waals surface area contributed by atoms with Gasteiger partial charge in [-0.15, -0.1) is 0 Å². The molecule has 10 heteroatoms. The maximum absolute atomic E-state index is 13.4. The zero-order valence-electron chi connectivity index (χ0n) is 15.6. The van der Waals surface area contributed by atoms with E-state index in [1.54, 1.807) is 4.90 Å². The Morgan fingerprint density at radius 1 is 1.13 bits per heavy atom. The zero-order valence-corrected chi connectivity index (χ0v) is 15.6. The summed E-state index contributed by atoms with van der Waals surface area (Å²) in [5, 5.41) is 6.06. The van der Waals surface area contributed by atoms with Gasteiger partial charge < -0.3 is 15.5 Å². The van der Waals surface area contributed by atoms with Crippen molar-refractivity contribution in [1.82, 2.24) is 20.2 Å². The number of carbonyl (C=O) groups excluding carboxylic acids is 1. The number of amides is 2. The standard InChI is InChI=1S/C20H17F4N5O/c21-13-4-2-12(3-5-13)18(28-19(30)29-8-1-9-29)27-16-10-17(20(22,23)24)26-15-6-7-25-11-14(15)16/h2-7,10-11,18H,1,8-9H2,(H,26,27)(H,28,30). The number of rotatable bonds is 4. The minimum absolute atomic E-state index is 0.0960. The first kappa shape index (κ1) is 19.9. The van der Waals surface area contributed by atoms with Gasteiger partial charge in [-0.2, -0.15) is 13.2 Å². The number of pyridine rings is 2. The van der Waals surface area contributed by atoms with Crippen molar-refractivity contribution < 1.29 is 22.4 Å². The van der Waals surface area contributed by atoms with Gasteiger partial charge in [0.15, 0.2) is 0 Å². The first-order chi connectivity index (χ1) is 14.3. The second kappa shape index (κ2) is 7.77. The fourth-order valence-corrected chi connectivity index (χ4v) is 3.08. The Morgan fingerprint density at radius 3 is 2.50 bits per heavy atom. The van der Waals surface area contributed by atoms with Crippen molar-refractivity contribution in [3.8, 4) is 0 Å². The molecule has 2 aromatic heterocycles. The van der Waals surface area contributed by atoms with Crippen LogP contribution in [0.2, 0.25) is 0 Å². The molecule has 0 aliphatic carbocycles. The number of carbonyl (C=O) groups is 1. The quantitative estimate of drug-likeness (QED) is 0.488. The number of anilines is 1. The molecule has 1 unspecified atom stereocenters. The number of alkyl halides is 3. The number of aromatic nitrogens is 2. The summed E-state index contributed by atoms with van der Waals surface area (Å²) in [6.07, 6.45) is -1.92. The third-order valence-corrected chi connectivity index (χ3v) is 4.81. The molecule has 3 aromatic rings. The molecular formula is C20H17F4N5O. The molecule has 1 fully saturated rings. The van der Waals surface area contributed by atoms with E-state index in [0.29, 0.717) is 24.0 Å². The Bertz CT molecular complexity index is 1070. The highest BCUT2D eigenvalue weighted by molar-refractivity contribution is 5.91. The van der Waals surface area contributed by atoms with E-state index in [1.165, 1.54) is 42.7 Å². The van der Waals surface area contributed by atoms with Gasteiger partial charge in [0.1, 0.15) is 17.7 Å². The summed E-state index contributed by atoms with van der Waals surface area (Å²) in [7, 11) is 0. The first-order valence-electron chi connectivity index (χ1n) is 9.21. The van der Waals surface area contributed by atoms with Crippen molar-refractivity contribution in [1.29, 1.82) is 0 Å². The molecular weight excluding hydrogens is 402 g/mol. The van der Waals surface area contributed by atoms with E-state index in [9.17, 15) is 22.4 Å². The van der Waals surface area contributed by atoms with Crippen LogP contribution in [0.1, 0.15) is 23.8 Å². The van der Waals surface area contributed by atoms with Gasteiger partial charge >= 0.3 is 12.2 Å². The molecule has 0 spiro atoms. The van der Waals surface area contributed by atoms with Crippen LogP contribution in [-0.4, -0.2) is 34.0 Å². The van der Waals surface area contributed by atoms with Gasteiger partial charge in [0.2, 0.25) is 0 Å². The molecule has 1 aliphatic heterocycles. The predicted molar refractivity (Wildman–Crippen MR) is 102 cm³/mol. The van der Waals surface area contributed by atoms with Crippen LogP contribution in [0.15, 0.2) is 48.8 Å². The molecule has 1 aliphatic rings. The minimum atomic E-state index is -4.65. The fourth-order valence-electron chi connectivity index (χ4n) is 3.08. The molecule has 156 valence electrons. The van der Waals surface area contributed by atoms with Crippen molar-refractivity contribution in [3.05, 3.63) is 65.9 Å². The van der Waals surface area contributed by atoms with Crippen molar-refractivity contribution in [2.45, 2.75) is 18.8 Å². The van der Waals surface area contributed by atoms with Crippen LogP contribution in [0, 0.1) is 5.82 Å². The Labute approximate surface area is 168 Å². The van der Waals surface area contributed by atoms with E-state index in [-0.39, 0.29) is 17.2 Å². The van der Waals surface area contributed by atoms with E-state index in [2.05, 4.69) is 20.6 Å². The molecule has 1 atom stereocenters. The summed E-state index contributed by atoms with van der Waals surface area (Å²) in [5.74, 6) is -0.468. The molecule has 1 saturated heterocycles. The normalized spacial score (nSPS) is 14.9. The van der Waals surface area contributed by atoms with Gasteiger partial charge in [0.25, 0.3) is 0 Å². The first-order valence-corrected chi connectivity index (χ1v) is 9.21. The third-order valence-electron chi connectivity index (χ3n) is 4.81. The molecule has 0 bridgehead atoms. The number of nitrogens with zero attached hydrogens (tertiary/aromatic N) is 3. The monoisotopic (exact) mass is 419 g/mol. The van der Waals surface area contributed by atoms with E-state index < -0.39 is 23.9 Å². The van der Waals surface area contributed by atoms with Crippen molar-refractivity contribution >= 4 is 22.6 Å². The van der Waals surface area contributed by atoms with Gasteiger partial charge in [-0.25, -0.2) is 14.2 Å². The number of urea groups is 1. The second-order valence-electron chi connectivity index (χ2n) is 6.86. The average molecular weight is 419 g/mol. The Hall–Kier alpha value is -3.43. The fraction of sp³-hybridized carbons (Fsp3) is 0.250. The van der Waals surface area contributed by atoms with Gasteiger partial charge in [-0.1, -0.05) is 12.1 Å². The number of benzene rings is 1. The number of hydrogen-bond donors (Lipinski definition) is 2. The minimum Gasteiger partial charge on any atom is -0.361 e. The summed E-state index contributed by atoms with van der Waals surface area (Å²) >= 11 is 0. The van der Waals surface area contributed by atoms with E-state index in [4.69, 9.17) is 0 Å². The number of hydrogen-bond acceptors (Lipinski definition) is 4. The van der Waals surface area contributed by atoms with Crippen molar-refractivity contribution in [3.63, 3.8) is 0 Å². The van der Waals surface area contributed by atoms with Crippen LogP contribution in [0.5, 0.6) is 0 Å². The molecule has 4 rings (SSSR count). The van der Waals surface area contributed by atoms with E-state index >= 15 is 0 Å².